The summed E-state index contributed by atoms with van der Waals surface area (Å²) >= 11 is 1.81. The second-order valence-corrected chi connectivity index (χ2v) is 7.82. The number of thioether (sulfide) groups is 1. The quantitative estimate of drug-likeness (QED) is 0.682. The van der Waals surface area contributed by atoms with Gasteiger partial charge in [0.05, 0.1) is 12.8 Å². The molecular formula is C21H19F2N3O2S. The molecule has 5 nitrogen and oxygen atoms in total. The van der Waals surface area contributed by atoms with Crippen molar-refractivity contribution in [2.45, 2.75) is 0 Å². The molecule has 2 heterocycles. The highest BCUT2D eigenvalue weighted by atomic mass is 32.2. The van der Waals surface area contributed by atoms with Gasteiger partial charge in [-0.25, -0.2) is 13.8 Å². The fourth-order valence-electron chi connectivity index (χ4n) is 3.31. The Balaban J connectivity index is 1.81. The fraction of sp³-hybridized carbons (Fsp3) is 0.238. The maximum absolute atomic E-state index is 13.6. The summed E-state index contributed by atoms with van der Waals surface area (Å²) in [6.07, 6.45) is 0. The highest BCUT2D eigenvalue weighted by molar-refractivity contribution is 7.99. The molecular weight excluding hydrogens is 396 g/mol. The lowest BCUT2D eigenvalue weighted by atomic mass is 10.1. The largest absolute Gasteiger partial charge is 0.494 e. The van der Waals surface area contributed by atoms with Crippen molar-refractivity contribution in [2.75, 3.05) is 37.0 Å². The number of para-hydroxylation sites is 1. The molecule has 0 saturated carbocycles. The van der Waals surface area contributed by atoms with Crippen molar-refractivity contribution >= 4 is 39.9 Å². The Morgan fingerprint density at radius 2 is 1.86 bits per heavy atom. The minimum atomic E-state index is -0.689. The summed E-state index contributed by atoms with van der Waals surface area (Å²) in [6.45, 7) is 1.32. The summed E-state index contributed by atoms with van der Waals surface area (Å²) in [5.74, 6) is 0.731. The van der Waals surface area contributed by atoms with Crippen molar-refractivity contribution in [3.8, 4) is 5.75 Å². The molecule has 0 bridgehead atoms. The fourth-order valence-corrected chi connectivity index (χ4v) is 4.21. The van der Waals surface area contributed by atoms with Gasteiger partial charge in [0.15, 0.2) is 0 Å². The van der Waals surface area contributed by atoms with Crippen LogP contribution in [0, 0.1) is 11.6 Å². The normalized spacial score (nSPS) is 14.1. The molecule has 1 aromatic heterocycles. The monoisotopic (exact) mass is 415 g/mol. The van der Waals surface area contributed by atoms with Gasteiger partial charge in [-0.15, -0.1) is 0 Å². The van der Waals surface area contributed by atoms with Crippen LogP contribution in [0.4, 0.5) is 20.2 Å². The van der Waals surface area contributed by atoms with Crippen LogP contribution in [0.2, 0.25) is 0 Å². The highest BCUT2D eigenvalue weighted by Gasteiger charge is 2.22. The van der Waals surface area contributed by atoms with E-state index in [1.807, 2.05) is 17.8 Å². The van der Waals surface area contributed by atoms with Crippen molar-refractivity contribution in [3.05, 3.63) is 59.8 Å². The van der Waals surface area contributed by atoms with Crippen molar-refractivity contribution in [1.82, 2.24) is 9.88 Å². The number of nitrogens with one attached hydrogen (secondary N) is 1. The molecule has 8 heteroatoms. The maximum atomic E-state index is 13.6. The smallest absolute Gasteiger partial charge is 0.272 e. The van der Waals surface area contributed by atoms with Crippen LogP contribution in [0.5, 0.6) is 5.75 Å². The van der Waals surface area contributed by atoms with E-state index in [-0.39, 0.29) is 17.3 Å². The topological polar surface area (TPSA) is 54.5 Å². The lowest BCUT2D eigenvalue weighted by Gasteiger charge is -2.26. The van der Waals surface area contributed by atoms with E-state index in [0.717, 1.165) is 17.6 Å². The first-order valence-corrected chi connectivity index (χ1v) is 10.3. The Bertz CT molecular complexity index is 1050. The molecule has 0 spiro atoms. The number of benzene rings is 2. The summed E-state index contributed by atoms with van der Waals surface area (Å²) in [4.78, 5) is 19.3. The van der Waals surface area contributed by atoms with Gasteiger partial charge in [0.25, 0.3) is 5.91 Å². The van der Waals surface area contributed by atoms with Gasteiger partial charge in [0.2, 0.25) is 0 Å². The molecule has 0 unspecified atom stereocenters. The number of carbonyl (C=O) groups is 1. The molecule has 150 valence electrons. The predicted octanol–water partition coefficient (Wildman–Crippen LogP) is 4.45. The van der Waals surface area contributed by atoms with Crippen molar-refractivity contribution in [3.63, 3.8) is 0 Å². The number of amides is 1. The van der Waals surface area contributed by atoms with Crippen LogP contribution in [-0.4, -0.2) is 47.5 Å². The molecule has 1 aliphatic heterocycles. The number of methoxy groups -OCH3 is 1. The van der Waals surface area contributed by atoms with Crippen molar-refractivity contribution < 1.29 is 18.3 Å². The number of hydrogen-bond acceptors (Lipinski definition) is 5. The van der Waals surface area contributed by atoms with Crippen molar-refractivity contribution in [1.29, 1.82) is 0 Å². The number of anilines is 2. The number of halogens is 2. The van der Waals surface area contributed by atoms with Gasteiger partial charge in [-0.2, -0.15) is 11.8 Å². The summed E-state index contributed by atoms with van der Waals surface area (Å²) in [7, 11) is 1.53. The van der Waals surface area contributed by atoms with Gasteiger partial charge in [0, 0.05) is 41.7 Å². The molecule has 1 N–H and O–H groups in total. The summed E-state index contributed by atoms with van der Waals surface area (Å²) in [6, 6.07) is 10.2. The molecule has 29 heavy (non-hydrogen) atoms. The first-order chi connectivity index (χ1) is 14.0. The van der Waals surface area contributed by atoms with E-state index < -0.39 is 11.6 Å². The van der Waals surface area contributed by atoms with E-state index in [9.17, 15) is 13.6 Å². The Labute approximate surface area is 171 Å². The molecule has 0 aliphatic carbocycles. The van der Waals surface area contributed by atoms with E-state index in [1.165, 1.54) is 19.2 Å². The average molecular weight is 415 g/mol. The molecule has 0 atom stereocenters. The van der Waals surface area contributed by atoms with Crippen LogP contribution in [-0.2, 0) is 0 Å². The second kappa shape index (κ2) is 8.24. The minimum absolute atomic E-state index is 0.174. The number of nitrogens with zero attached hydrogens (tertiary/aromatic N) is 2. The van der Waals surface area contributed by atoms with Gasteiger partial charge in [-0.3, -0.25) is 4.79 Å². The second-order valence-electron chi connectivity index (χ2n) is 6.60. The van der Waals surface area contributed by atoms with Gasteiger partial charge in [-0.05, 0) is 24.3 Å². The zero-order valence-corrected chi connectivity index (χ0v) is 16.6. The third kappa shape index (κ3) is 4.12. The Hall–Kier alpha value is -2.87. The summed E-state index contributed by atoms with van der Waals surface area (Å²) in [5.41, 5.74) is 1.53. The van der Waals surface area contributed by atoms with Crippen LogP contribution < -0.4 is 10.1 Å². The molecule has 1 fully saturated rings. The van der Waals surface area contributed by atoms with E-state index in [0.29, 0.717) is 35.4 Å². The molecule has 4 rings (SSSR count). The first-order valence-electron chi connectivity index (χ1n) is 9.13. The standard InChI is InChI=1S/C21H19F2N3O2S/c1-28-19-4-2-3-16-17(24-15-10-13(22)9-14(23)11-15)12-18(25-20(16)19)21(27)26-5-7-29-8-6-26/h2-4,9-12H,5-8H2,1H3,(H,24,25). The molecule has 1 saturated heterocycles. The zero-order chi connectivity index (χ0) is 20.4. The first kappa shape index (κ1) is 19.4. The molecule has 0 radical (unpaired) electrons. The lowest BCUT2D eigenvalue weighted by molar-refractivity contribution is 0.0767. The summed E-state index contributed by atoms with van der Waals surface area (Å²) < 4.78 is 32.7. The van der Waals surface area contributed by atoms with Gasteiger partial charge in [-0.1, -0.05) is 12.1 Å². The van der Waals surface area contributed by atoms with Gasteiger partial charge < -0.3 is 15.0 Å². The minimum Gasteiger partial charge on any atom is -0.494 e. The van der Waals surface area contributed by atoms with Crippen LogP contribution in [0.25, 0.3) is 10.9 Å². The third-order valence-corrected chi connectivity index (χ3v) is 5.62. The van der Waals surface area contributed by atoms with E-state index in [2.05, 4.69) is 10.3 Å². The Morgan fingerprint density at radius 3 is 2.55 bits per heavy atom. The number of rotatable bonds is 4. The lowest BCUT2D eigenvalue weighted by Crippen LogP contribution is -2.38. The number of pyridine rings is 1. The number of carbonyl (C=O) groups excluding carboxylic acids is 1. The maximum Gasteiger partial charge on any atom is 0.272 e. The van der Waals surface area contributed by atoms with E-state index in [1.54, 1.807) is 23.1 Å². The number of aromatic nitrogens is 1. The number of hydrogen-bond donors (Lipinski definition) is 1. The van der Waals surface area contributed by atoms with E-state index in [4.69, 9.17) is 4.74 Å². The summed E-state index contributed by atoms with van der Waals surface area (Å²) in [5, 5.41) is 3.71. The van der Waals surface area contributed by atoms with Gasteiger partial charge in [0.1, 0.15) is 28.6 Å². The Kier molecular flexibility index (Phi) is 5.53. The average Bonchev–Trinajstić information content (AvgIpc) is 2.72. The van der Waals surface area contributed by atoms with E-state index >= 15 is 0 Å². The molecule has 1 amide bonds. The predicted molar refractivity (Wildman–Crippen MR) is 111 cm³/mol. The SMILES string of the molecule is COc1cccc2c(Nc3cc(F)cc(F)c3)cc(C(=O)N3CCSCC3)nc12. The zero-order valence-electron chi connectivity index (χ0n) is 15.7. The number of fused-ring (bicyclic) bond motifs is 1. The third-order valence-electron chi connectivity index (χ3n) is 4.68. The van der Waals surface area contributed by atoms with Crippen LogP contribution in [0.1, 0.15) is 10.5 Å². The van der Waals surface area contributed by atoms with Crippen LogP contribution in [0.15, 0.2) is 42.5 Å². The number of ether oxygens (including phenoxy) is 1. The highest BCUT2D eigenvalue weighted by Crippen LogP contribution is 2.32. The molecule has 1 aliphatic rings. The molecule has 3 aromatic rings. The molecule has 2 aromatic carbocycles. The Morgan fingerprint density at radius 1 is 1.14 bits per heavy atom. The van der Waals surface area contributed by atoms with Crippen molar-refractivity contribution in [2.24, 2.45) is 0 Å². The van der Waals surface area contributed by atoms with Crippen LogP contribution in [0.3, 0.4) is 0 Å². The van der Waals surface area contributed by atoms with Gasteiger partial charge >= 0.3 is 0 Å². The van der Waals surface area contributed by atoms with Crippen LogP contribution >= 0.6 is 11.8 Å².